The van der Waals surface area contributed by atoms with E-state index >= 15 is 0 Å². The molecular weight excluding hydrogens is 402 g/mol. The molecule has 2 heterocycles. The Morgan fingerprint density at radius 3 is 2.33 bits per heavy atom. The summed E-state index contributed by atoms with van der Waals surface area (Å²) in [4.78, 5) is 39.4. The van der Waals surface area contributed by atoms with Gasteiger partial charge in [0.05, 0.1) is 13.0 Å². The van der Waals surface area contributed by atoms with Gasteiger partial charge in [-0.25, -0.2) is 9.28 Å². The lowest BCUT2D eigenvalue weighted by molar-refractivity contribution is -0.127. The number of hydrogen-bond acceptors (Lipinski definition) is 3. The molecule has 1 atom stereocenters. The zero-order valence-corrected chi connectivity index (χ0v) is 17.5. The van der Waals surface area contributed by atoms with Crippen LogP contribution in [0.4, 0.5) is 11.4 Å². The minimum Gasteiger partial charge on any atom is -0.312 e. The number of amides is 3. The van der Waals surface area contributed by atoms with E-state index in [0.29, 0.717) is 30.0 Å². The molecule has 0 aromatic heterocycles. The lowest BCUT2D eigenvalue weighted by Gasteiger charge is -2.32. The molecule has 0 spiro atoms. The van der Waals surface area contributed by atoms with Crippen molar-refractivity contribution in [2.75, 3.05) is 24.7 Å². The molecule has 1 N–H and O–H groups in total. The zero-order chi connectivity index (χ0) is 21.1. The maximum absolute atomic E-state index is 12.9. The van der Waals surface area contributed by atoms with E-state index in [1.807, 2.05) is 29.2 Å². The van der Waals surface area contributed by atoms with Crippen molar-refractivity contribution in [3.63, 3.8) is 0 Å². The Balaban J connectivity index is 1.53. The van der Waals surface area contributed by atoms with Crippen molar-refractivity contribution < 1.29 is 14.4 Å². The fourth-order valence-electron chi connectivity index (χ4n) is 4.28. The van der Waals surface area contributed by atoms with Gasteiger partial charge < -0.3 is 10.2 Å². The average Bonchev–Trinajstić information content (AvgIpc) is 3.14. The first kappa shape index (κ1) is 20.6. The number of halogens is 1. The van der Waals surface area contributed by atoms with Gasteiger partial charge >= 0.3 is 5.91 Å². The van der Waals surface area contributed by atoms with Gasteiger partial charge in [-0.05, 0) is 49.2 Å². The van der Waals surface area contributed by atoms with Crippen molar-refractivity contribution in [1.82, 2.24) is 9.80 Å². The van der Waals surface area contributed by atoms with Gasteiger partial charge in [0.1, 0.15) is 5.69 Å². The number of quaternary nitrogens is 1. The standard InChI is InChI=1S/C23H24ClN3O3/c24-18-8-6-17(7-9-18)23(30)25-16-27(15-3-5-22(27)29)20-12-10-19(11-13-20)26-14-2-1-4-21(26)28/h6-13H,1-5,14-16H2/p+1. The summed E-state index contributed by atoms with van der Waals surface area (Å²) in [7, 11) is 0. The monoisotopic (exact) mass is 426 g/mol. The highest BCUT2D eigenvalue weighted by Crippen LogP contribution is 2.32. The Labute approximate surface area is 181 Å². The van der Waals surface area contributed by atoms with Crippen molar-refractivity contribution in [2.24, 2.45) is 0 Å². The Kier molecular flexibility index (Phi) is 5.88. The van der Waals surface area contributed by atoms with Crippen LogP contribution in [0.3, 0.4) is 0 Å². The van der Waals surface area contributed by atoms with Gasteiger partial charge in [0, 0.05) is 47.8 Å². The van der Waals surface area contributed by atoms with Crippen molar-refractivity contribution in [1.29, 1.82) is 0 Å². The van der Waals surface area contributed by atoms with Gasteiger partial charge in [-0.2, -0.15) is 0 Å². The largest absolute Gasteiger partial charge is 0.320 e. The fraction of sp³-hybridized carbons (Fsp3) is 0.348. The summed E-state index contributed by atoms with van der Waals surface area (Å²) in [5.41, 5.74) is 2.20. The maximum atomic E-state index is 12.9. The Hall–Kier alpha value is -2.70. The summed E-state index contributed by atoms with van der Waals surface area (Å²) in [6.45, 7) is 1.57. The van der Waals surface area contributed by atoms with E-state index in [1.54, 1.807) is 24.3 Å². The van der Waals surface area contributed by atoms with Crippen LogP contribution in [0.1, 0.15) is 42.5 Å². The van der Waals surface area contributed by atoms with Gasteiger partial charge in [0.2, 0.25) is 5.91 Å². The topological polar surface area (TPSA) is 66.5 Å². The maximum Gasteiger partial charge on any atom is 0.320 e. The molecule has 2 aliphatic heterocycles. The molecule has 2 aromatic rings. The minimum atomic E-state index is -0.237. The number of nitrogens with one attached hydrogen (secondary N) is 1. The minimum absolute atomic E-state index is 0.0908. The van der Waals surface area contributed by atoms with E-state index in [2.05, 4.69) is 5.32 Å². The second kappa shape index (κ2) is 8.58. The summed E-state index contributed by atoms with van der Waals surface area (Å²) >= 11 is 5.89. The van der Waals surface area contributed by atoms with Crippen LogP contribution in [-0.2, 0) is 9.59 Å². The smallest absolute Gasteiger partial charge is 0.312 e. The van der Waals surface area contributed by atoms with Crippen LogP contribution in [0.25, 0.3) is 0 Å². The lowest BCUT2D eigenvalue weighted by Crippen LogP contribution is -2.56. The number of benzene rings is 2. The molecule has 0 bridgehead atoms. The fourth-order valence-corrected chi connectivity index (χ4v) is 4.40. The second-order valence-corrected chi connectivity index (χ2v) is 8.31. The Morgan fingerprint density at radius 1 is 0.967 bits per heavy atom. The number of piperidine rings is 1. The predicted octanol–water partition coefficient (Wildman–Crippen LogP) is 3.87. The Bertz CT molecular complexity index is 959. The molecule has 0 saturated carbocycles. The molecular formula is C23H25ClN3O3+. The van der Waals surface area contributed by atoms with Gasteiger partial charge in [-0.1, -0.05) is 11.6 Å². The molecule has 2 aliphatic rings. The highest BCUT2D eigenvalue weighted by atomic mass is 35.5. The molecule has 6 nitrogen and oxygen atoms in total. The highest BCUT2D eigenvalue weighted by Gasteiger charge is 2.43. The summed E-state index contributed by atoms with van der Waals surface area (Å²) in [5.74, 6) is -0.00187. The van der Waals surface area contributed by atoms with Crippen LogP contribution in [-0.4, -0.2) is 37.5 Å². The summed E-state index contributed by atoms with van der Waals surface area (Å²) in [6.07, 6.45) is 3.79. The molecule has 156 valence electrons. The normalized spacial score (nSPS) is 21.7. The summed E-state index contributed by atoms with van der Waals surface area (Å²) in [5, 5.41) is 3.49. The first-order chi connectivity index (χ1) is 14.5. The number of carbonyl (C=O) groups is 3. The van der Waals surface area contributed by atoms with Crippen molar-refractivity contribution in [3.8, 4) is 0 Å². The third-order valence-electron chi connectivity index (χ3n) is 6.00. The number of rotatable bonds is 5. The SMILES string of the molecule is O=C(NC[N+]1(c2ccc(N3CCCCC3=O)cc2)CCCC1=O)c1ccc(Cl)cc1. The number of carbonyl (C=O) groups excluding carboxylic acids is 3. The number of hydrogen-bond donors (Lipinski definition) is 1. The van der Waals surface area contributed by atoms with E-state index in [1.165, 1.54) is 0 Å². The molecule has 2 saturated heterocycles. The van der Waals surface area contributed by atoms with E-state index in [-0.39, 0.29) is 28.9 Å². The van der Waals surface area contributed by atoms with Crippen molar-refractivity contribution >= 4 is 40.7 Å². The third kappa shape index (κ3) is 3.98. The molecule has 0 aliphatic carbocycles. The highest BCUT2D eigenvalue weighted by molar-refractivity contribution is 6.30. The van der Waals surface area contributed by atoms with Crippen LogP contribution in [0.2, 0.25) is 5.02 Å². The van der Waals surface area contributed by atoms with Crippen LogP contribution >= 0.6 is 11.6 Å². The molecule has 2 fully saturated rings. The van der Waals surface area contributed by atoms with E-state index in [4.69, 9.17) is 11.6 Å². The van der Waals surface area contributed by atoms with Crippen LogP contribution in [0, 0.1) is 0 Å². The summed E-state index contributed by atoms with van der Waals surface area (Å²) in [6, 6.07) is 14.3. The van der Waals surface area contributed by atoms with Crippen LogP contribution < -0.4 is 14.7 Å². The van der Waals surface area contributed by atoms with Crippen LogP contribution in [0.5, 0.6) is 0 Å². The van der Waals surface area contributed by atoms with E-state index < -0.39 is 0 Å². The van der Waals surface area contributed by atoms with Crippen LogP contribution in [0.15, 0.2) is 48.5 Å². The molecule has 7 heteroatoms. The molecule has 0 radical (unpaired) electrons. The number of anilines is 1. The molecule has 2 aromatic carbocycles. The van der Waals surface area contributed by atoms with E-state index in [9.17, 15) is 14.4 Å². The first-order valence-electron chi connectivity index (χ1n) is 10.3. The zero-order valence-electron chi connectivity index (χ0n) is 16.8. The van der Waals surface area contributed by atoms with Gasteiger partial charge in [-0.3, -0.25) is 9.59 Å². The number of nitrogens with zero attached hydrogens (tertiary/aromatic N) is 2. The van der Waals surface area contributed by atoms with Crippen molar-refractivity contribution in [3.05, 3.63) is 59.1 Å². The lowest BCUT2D eigenvalue weighted by atomic mass is 10.1. The van der Waals surface area contributed by atoms with Gasteiger partial charge in [0.25, 0.3) is 5.91 Å². The Morgan fingerprint density at radius 2 is 1.70 bits per heavy atom. The van der Waals surface area contributed by atoms with Crippen molar-refractivity contribution in [2.45, 2.75) is 32.1 Å². The first-order valence-corrected chi connectivity index (χ1v) is 10.7. The summed E-state index contributed by atoms with van der Waals surface area (Å²) < 4.78 is 0.0908. The van der Waals surface area contributed by atoms with Gasteiger partial charge in [0.15, 0.2) is 6.67 Å². The second-order valence-electron chi connectivity index (χ2n) is 7.88. The molecule has 30 heavy (non-hydrogen) atoms. The quantitative estimate of drug-likeness (QED) is 0.738. The average molecular weight is 427 g/mol. The van der Waals surface area contributed by atoms with E-state index in [0.717, 1.165) is 37.2 Å². The third-order valence-corrected chi connectivity index (χ3v) is 6.25. The molecule has 1 unspecified atom stereocenters. The molecule has 4 rings (SSSR count). The predicted molar refractivity (Wildman–Crippen MR) is 117 cm³/mol. The molecule has 3 amide bonds. The van der Waals surface area contributed by atoms with Gasteiger partial charge in [-0.15, -0.1) is 0 Å². The number of likely N-dealkylation sites (tertiary alicyclic amines) is 1.